The minimum atomic E-state index is -4.53. The molecule has 14 heteroatoms. The summed E-state index contributed by atoms with van der Waals surface area (Å²) < 4.78 is 57.2. The summed E-state index contributed by atoms with van der Waals surface area (Å²) in [4.78, 5) is 30.3. The summed E-state index contributed by atoms with van der Waals surface area (Å²) in [6, 6.07) is 5.73. The van der Waals surface area contributed by atoms with Crippen LogP contribution in [0.25, 0.3) is 11.3 Å². The first kappa shape index (κ1) is 28.4. The molecule has 2 aromatic heterocycles. The van der Waals surface area contributed by atoms with E-state index in [-0.39, 0.29) is 41.0 Å². The number of nitrogens with one attached hydrogen (secondary N) is 1. The topological polar surface area (TPSA) is 102 Å². The number of fused-ring (bicyclic) bond motifs is 4. The number of benzene rings is 1. The molecule has 1 N–H and O–H groups in total. The van der Waals surface area contributed by atoms with Gasteiger partial charge in [0.1, 0.15) is 12.7 Å². The fourth-order valence-corrected chi connectivity index (χ4v) is 5.64. The first-order valence-corrected chi connectivity index (χ1v) is 13.8. The summed E-state index contributed by atoms with van der Waals surface area (Å²) in [5.74, 6) is 0.104. The van der Waals surface area contributed by atoms with Crippen LogP contribution < -0.4 is 19.9 Å². The molecule has 0 aliphatic carbocycles. The van der Waals surface area contributed by atoms with Gasteiger partial charge in [-0.1, -0.05) is 23.7 Å². The number of anilines is 3. The van der Waals surface area contributed by atoms with E-state index in [0.29, 0.717) is 30.4 Å². The summed E-state index contributed by atoms with van der Waals surface area (Å²) in [7, 11) is 0. The normalized spacial score (nSPS) is 21.2. The molecule has 3 aliphatic heterocycles. The van der Waals surface area contributed by atoms with Crippen LogP contribution in [0.2, 0.25) is 5.02 Å². The fraction of sp³-hybridized carbons (Fsp3) is 0.429. The van der Waals surface area contributed by atoms with E-state index in [0.717, 1.165) is 31.5 Å². The number of hydrogen-bond donors (Lipinski definition) is 1. The minimum Gasteiger partial charge on any atom is -0.488 e. The molecule has 2 bridgehead atoms. The van der Waals surface area contributed by atoms with Crippen molar-refractivity contribution in [3.63, 3.8) is 0 Å². The molecule has 1 unspecified atom stereocenters. The molecule has 10 nitrogen and oxygen atoms in total. The largest absolute Gasteiger partial charge is 0.488 e. The zero-order valence-electron chi connectivity index (χ0n) is 22.8. The maximum Gasteiger partial charge on any atom is 0.416 e. The number of carbonyl (C=O) groups is 1. The van der Waals surface area contributed by atoms with E-state index in [2.05, 4.69) is 25.2 Å². The van der Waals surface area contributed by atoms with Crippen LogP contribution in [0.15, 0.2) is 42.7 Å². The molecule has 2 atom stereocenters. The van der Waals surface area contributed by atoms with Crippen molar-refractivity contribution in [3.8, 4) is 17.0 Å². The van der Waals surface area contributed by atoms with Gasteiger partial charge < -0.3 is 19.1 Å². The average molecular weight is 605 g/mol. The number of halogens is 4. The third kappa shape index (κ3) is 5.81. The first-order valence-electron chi connectivity index (χ1n) is 13.5. The van der Waals surface area contributed by atoms with Crippen LogP contribution in [0, 0.1) is 0 Å². The lowest BCUT2D eigenvalue weighted by atomic mass is 9.99. The molecule has 222 valence electrons. The lowest BCUT2D eigenvalue weighted by Crippen LogP contribution is -2.56. The zero-order valence-corrected chi connectivity index (χ0v) is 23.6. The molecule has 0 radical (unpaired) electrons. The summed E-state index contributed by atoms with van der Waals surface area (Å²) in [6.45, 7) is 5.64. The first-order chi connectivity index (χ1) is 20.0. The van der Waals surface area contributed by atoms with Gasteiger partial charge in [0.15, 0.2) is 17.4 Å². The van der Waals surface area contributed by atoms with Gasteiger partial charge >= 0.3 is 12.2 Å². The molecule has 2 fully saturated rings. The second kappa shape index (κ2) is 10.9. The van der Waals surface area contributed by atoms with Crippen molar-refractivity contribution >= 4 is 35.1 Å². The molecule has 2 amide bonds. The summed E-state index contributed by atoms with van der Waals surface area (Å²) in [5.41, 5.74) is 0.162. The van der Waals surface area contributed by atoms with E-state index in [1.807, 2.05) is 13.8 Å². The van der Waals surface area contributed by atoms with Crippen molar-refractivity contribution in [1.29, 1.82) is 0 Å². The Bertz CT molecular complexity index is 1490. The highest BCUT2D eigenvalue weighted by Crippen LogP contribution is 2.43. The van der Waals surface area contributed by atoms with Gasteiger partial charge in [0.25, 0.3) is 0 Å². The van der Waals surface area contributed by atoms with Crippen LogP contribution in [0.3, 0.4) is 0 Å². The Morgan fingerprint density at radius 2 is 2.02 bits per heavy atom. The third-order valence-corrected chi connectivity index (χ3v) is 7.59. The number of alkyl halides is 3. The van der Waals surface area contributed by atoms with Gasteiger partial charge in [0.05, 0.1) is 47.0 Å². The number of amides is 2. The number of carbonyl (C=O) groups excluding carboxylic acids is 1. The zero-order chi connectivity index (χ0) is 29.6. The maximum atomic E-state index is 13.6. The second-order valence-electron chi connectivity index (χ2n) is 10.8. The maximum absolute atomic E-state index is 13.6. The van der Waals surface area contributed by atoms with Gasteiger partial charge in [-0.3, -0.25) is 10.2 Å². The number of nitrogens with zero attached hydrogens (tertiary/aromatic N) is 5. The van der Waals surface area contributed by atoms with Gasteiger partial charge in [-0.2, -0.15) is 13.2 Å². The number of ether oxygens (including phenoxy) is 3. The van der Waals surface area contributed by atoms with Gasteiger partial charge in [-0.25, -0.2) is 19.7 Å². The number of urea groups is 1. The molecular formula is C28H28ClF3N6O4. The Hall–Kier alpha value is -3.68. The van der Waals surface area contributed by atoms with Crippen LogP contribution >= 0.6 is 11.6 Å². The number of piperidine rings is 1. The summed E-state index contributed by atoms with van der Waals surface area (Å²) in [6.07, 6.45) is -0.294. The van der Waals surface area contributed by atoms with E-state index < -0.39 is 23.6 Å². The Morgan fingerprint density at radius 1 is 1.24 bits per heavy atom. The molecule has 3 aromatic rings. The van der Waals surface area contributed by atoms with Crippen molar-refractivity contribution in [2.24, 2.45) is 0 Å². The predicted octanol–water partition coefficient (Wildman–Crippen LogP) is 5.76. The fourth-order valence-electron chi connectivity index (χ4n) is 5.39. The predicted molar refractivity (Wildman–Crippen MR) is 149 cm³/mol. The number of rotatable bonds is 5. The van der Waals surface area contributed by atoms with Crippen molar-refractivity contribution in [2.45, 2.75) is 50.8 Å². The second-order valence-corrected chi connectivity index (χ2v) is 11.2. The van der Waals surface area contributed by atoms with Crippen LogP contribution in [0.4, 0.5) is 35.4 Å². The number of aromatic nitrogens is 3. The lowest BCUT2D eigenvalue weighted by molar-refractivity contribution is -0.141. The smallest absolute Gasteiger partial charge is 0.416 e. The Morgan fingerprint density at radius 3 is 2.74 bits per heavy atom. The Balaban J connectivity index is 1.23. The van der Waals surface area contributed by atoms with E-state index in [1.54, 1.807) is 6.07 Å². The molecule has 42 heavy (non-hydrogen) atoms. The van der Waals surface area contributed by atoms with E-state index in [9.17, 15) is 18.0 Å². The molecule has 1 aromatic carbocycles. The van der Waals surface area contributed by atoms with Crippen molar-refractivity contribution in [3.05, 3.63) is 53.3 Å². The van der Waals surface area contributed by atoms with Gasteiger partial charge in [0, 0.05) is 18.7 Å². The third-order valence-electron chi connectivity index (χ3n) is 7.30. The molecule has 6 rings (SSSR count). The van der Waals surface area contributed by atoms with Crippen LogP contribution in [0.1, 0.15) is 32.3 Å². The highest BCUT2D eigenvalue weighted by atomic mass is 35.5. The minimum absolute atomic E-state index is 0.0563. The number of pyridine rings is 1. The quantitative estimate of drug-likeness (QED) is 0.392. The molecule has 5 heterocycles. The molecule has 0 saturated carbocycles. The van der Waals surface area contributed by atoms with Crippen molar-refractivity contribution < 1.29 is 32.2 Å². The van der Waals surface area contributed by atoms with E-state index >= 15 is 0 Å². The monoisotopic (exact) mass is 604 g/mol. The summed E-state index contributed by atoms with van der Waals surface area (Å²) in [5, 5.41) is 2.91. The summed E-state index contributed by atoms with van der Waals surface area (Å²) >= 11 is 6.56. The average Bonchev–Trinajstić information content (AvgIpc) is 3.31. The SMILES string of the molecule is CC1(C)OCC(COc2cnc(NC(=O)N3c4nc(-c5cccc(C(F)(F)F)c5)c(Cl)cc4N4CCC[C@H]3C4)nc2)O1. The highest BCUT2D eigenvalue weighted by molar-refractivity contribution is 6.33. The Kier molecular flexibility index (Phi) is 7.36. The molecule has 2 saturated heterocycles. The van der Waals surface area contributed by atoms with Crippen molar-refractivity contribution in [1.82, 2.24) is 15.0 Å². The van der Waals surface area contributed by atoms with E-state index in [4.69, 9.17) is 25.8 Å². The van der Waals surface area contributed by atoms with Gasteiger partial charge in [-0.05, 0) is 44.9 Å². The standard InChI is InChI=1S/C28H28ClF3N6O4/c1-27(2)41-15-20(42-27)14-40-19-11-33-25(34-12-19)36-26(39)38-18-7-4-8-37(13-18)22-10-21(29)23(35-24(22)38)16-5-3-6-17(9-16)28(30,31)32/h3,5-6,9-12,18,20H,4,7-8,13-15H2,1-2H3,(H,33,34,36,39)/t18-,20?/m0/s1. The number of hydrogen-bond acceptors (Lipinski definition) is 8. The van der Waals surface area contributed by atoms with Crippen LogP contribution in [-0.4, -0.2) is 65.2 Å². The lowest BCUT2D eigenvalue weighted by Gasteiger charge is -2.45. The van der Waals surface area contributed by atoms with E-state index in [1.165, 1.54) is 29.4 Å². The van der Waals surface area contributed by atoms with Crippen LogP contribution in [-0.2, 0) is 15.7 Å². The Labute approximate surface area is 244 Å². The van der Waals surface area contributed by atoms with Gasteiger partial charge in [0.2, 0.25) is 5.95 Å². The highest BCUT2D eigenvalue weighted by Gasteiger charge is 2.39. The van der Waals surface area contributed by atoms with Crippen molar-refractivity contribution in [2.75, 3.05) is 41.4 Å². The molecule has 3 aliphatic rings. The molecule has 0 spiro atoms. The van der Waals surface area contributed by atoms with Crippen LogP contribution in [0.5, 0.6) is 5.75 Å². The molecular weight excluding hydrogens is 577 g/mol. The van der Waals surface area contributed by atoms with Gasteiger partial charge in [-0.15, -0.1) is 0 Å².